The molecule has 1 aromatic rings. The fraction of sp³-hybridized carbons (Fsp3) is 0.529. The maximum absolute atomic E-state index is 13.7. The molecule has 0 radical (unpaired) electrons. The van der Waals surface area contributed by atoms with Gasteiger partial charge in [0, 0.05) is 18.8 Å². The van der Waals surface area contributed by atoms with E-state index in [4.69, 9.17) is 0 Å². The van der Waals surface area contributed by atoms with Crippen molar-refractivity contribution in [1.82, 2.24) is 16.0 Å². The van der Waals surface area contributed by atoms with Crippen LogP contribution in [0.25, 0.3) is 0 Å². The van der Waals surface area contributed by atoms with Gasteiger partial charge in [-0.3, -0.25) is 9.59 Å². The highest BCUT2D eigenvalue weighted by atomic mass is 32.2. The predicted octanol–water partition coefficient (Wildman–Crippen LogP) is 1.08. The van der Waals surface area contributed by atoms with E-state index >= 15 is 0 Å². The third-order valence-corrected chi connectivity index (χ3v) is 5.09. The Morgan fingerprint density at radius 2 is 2.12 bits per heavy atom. The molecule has 1 heterocycles. The van der Waals surface area contributed by atoms with E-state index in [1.54, 1.807) is 18.2 Å². The molecule has 0 bridgehead atoms. The van der Waals surface area contributed by atoms with E-state index in [1.165, 1.54) is 17.8 Å². The maximum atomic E-state index is 13.7. The van der Waals surface area contributed by atoms with Crippen LogP contribution in [0.4, 0.5) is 4.39 Å². The van der Waals surface area contributed by atoms with Crippen LogP contribution < -0.4 is 16.0 Å². The second kappa shape index (κ2) is 9.64. The van der Waals surface area contributed by atoms with Gasteiger partial charge in [-0.15, -0.1) is 11.8 Å². The van der Waals surface area contributed by atoms with E-state index in [2.05, 4.69) is 22.9 Å². The number of hydrogen-bond acceptors (Lipinski definition) is 4. The van der Waals surface area contributed by atoms with Gasteiger partial charge >= 0.3 is 0 Å². The summed E-state index contributed by atoms with van der Waals surface area (Å²) in [5.74, 6) is -0.179. The topological polar surface area (TPSA) is 70.2 Å². The Morgan fingerprint density at radius 3 is 2.83 bits per heavy atom. The van der Waals surface area contributed by atoms with Gasteiger partial charge in [-0.2, -0.15) is 0 Å². The largest absolute Gasteiger partial charge is 0.353 e. The highest BCUT2D eigenvalue weighted by Crippen LogP contribution is 2.23. The number of halogens is 1. The summed E-state index contributed by atoms with van der Waals surface area (Å²) in [6.07, 6.45) is 1.38. The van der Waals surface area contributed by atoms with E-state index in [-0.39, 0.29) is 22.9 Å². The Labute approximate surface area is 146 Å². The van der Waals surface area contributed by atoms with Crippen LogP contribution in [-0.4, -0.2) is 48.5 Å². The average molecular weight is 353 g/mol. The summed E-state index contributed by atoms with van der Waals surface area (Å²) in [5.41, 5.74) is 0.523. The minimum atomic E-state index is -0.523. The second-order valence-electron chi connectivity index (χ2n) is 5.72. The first kappa shape index (κ1) is 18.7. The normalized spacial score (nSPS) is 20.5. The van der Waals surface area contributed by atoms with Crippen LogP contribution in [0.1, 0.15) is 18.9 Å². The second-order valence-corrected chi connectivity index (χ2v) is 6.96. The molecule has 1 aliphatic rings. The number of carbonyl (C=O) groups is 2. The van der Waals surface area contributed by atoms with E-state index in [0.717, 1.165) is 13.0 Å². The molecule has 3 N–H and O–H groups in total. The van der Waals surface area contributed by atoms with Crippen LogP contribution >= 0.6 is 11.8 Å². The van der Waals surface area contributed by atoms with Gasteiger partial charge in [0.15, 0.2) is 0 Å². The number of benzene rings is 1. The molecule has 2 atom stereocenters. The van der Waals surface area contributed by atoms with Crippen molar-refractivity contribution >= 4 is 23.6 Å². The quantitative estimate of drug-likeness (QED) is 0.612. The standard InChI is InChI=1S/C17H24FN3O2S/c1-2-7-19-8-9-20-16(22)14-11-24-15(17(23)21-14)10-12-5-3-4-6-13(12)18/h3-6,14-15,19H,2,7-11H2,1H3,(H,20,22)(H,21,23). The van der Waals surface area contributed by atoms with Gasteiger partial charge in [0.1, 0.15) is 11.9 Å². The van der Waals surface area contributed by atoms with E-state index in [0.29, 0.717) is 30.8 Å². The van der Waals surface area contributed by atoms with Gasteiger partial charge < -0.3 is 16.0 Å². The zero-order valence-electron chi connectivity index (χ0n) is 13.8. The Bertz CT molecular complexity index is 571. The SMILES string of the molecule is CCCNCCNC(=O)C1CSC(Cc2ccccc2F)C(=O)N1. The summed E-state index contributed by atoms with van der Waals surface area (Å²) in [5, 5.41) is 8.39. The van der Waals surface area contributed by atoms with Crippen molar-refractivity contribution in [2.45, 2.75) is 31.1 Å². The first-order chi connectivity index (χ1) is 11.6. The van der Waals surface area contributed by atoms with Crippen molar-refractivity contribution in [3.05, 3.63) is 35.6 Å². The number of carbonyl (C=O) groups excluding carboxylic acids is 2. The Balaban J connectivity index is 1.77. The maximum Gasteiger partial charge on any atom is 0.243 e. The number of nitrogens with one attached hydrogen (secondary N) is 3. The summed E-state index contributed by atoms with van der Waals surface area (Å²) in [6.45, 7) is 4.25. The van der Waals surface area contributed by atoms with Gasteiger partial charge in [0.25, 0.3) is 0 Å². The molecule has 132 valence electrons. The molecule has 1 saturated heterocycles. The molecule has 1 aliphatic heterocycles. The van der Waals surface area contributed by atoms with Gasteiger partial charge in [-0.1, -0.05) is 25.1 Å². The third kappa shape index (κ3) is 5.49. The molecule has 0 spiro atoms. The first-order valence-corrected chi connectivity index (χ1v) is 9.30. The number of thioether (sulfide) groups is 1. The van der Waals surface area contributed by atoms with Crippen molar-refractivity contribution < 1.29 is 14.0 Å². The summed E-state index contributed by atoms with van der Waals surface area (Å²) in [4.78, 5) is 24.3. The third-order valence-electron chi connectivity index (χ3n) is 3.78. The average Bonchev–Trinajstić information content (AvgIpc) is 2.58. The summed E-state index contributed by atoms with van der Waals surface area (Å²) in [6, 6.07) is 5.94. The zero-order chi connectivity index (χ0) is 17.4. The number of amides is 2. The highest BCUT2D eigenvalue weighted by Gasteiger charge is 2.32. The molecule has 2 amide bonds. The zero-order valence-corrected chi connectivity index (χ0v) is 14.6. The fourth-order valence-electron chi connectivity index (χ4n) is 2.45. The van der Waals surface area contributed by atoms with E-state index in [9.17, 15) is 14.0 Å². The lowest BCUT2D eigenvalue weighted by atomic mass is 10.1. The van der Waals surface area contributed by atoms with Crippen LogP contribution in [0.5, 0.6) is 0 Å². The number of rotatable bonds is 8. The van der Waals surface area contributed by atoms with Crippen LogP contribution in [0.15, 0.2) is 24.3 Å². The minimum absolute atomic E-state index is 0.168. The summed E-state index contributed by atoms with van der Waals surface area (Å²) < 4.78 is 13.7. The van der Waals surface area contributed by atoms with Gasteiger partial charge in [0.05, 0.1) is 5.25 Å². The molecule has 0 aromatic heterocycles. The van der Waals surface area contributed by atoms with Crippen molar-refractivity contribution in [2.24, 2.45) is 0 Å². The van der Waals surface area contributed by atoms with Crippen LogP contribution in [0, 0.1) is 5.82 Å². The van der Waals surface area contributed by atoms with Gasteiger partial charge in [-0.25, -0.2) is 4.39 Å². The van der Waals surface area contributed by atoms with E-state index < -0.39 is 6.04 Å². The van der Waals surface area contributed by atoms with Gasteiger partial charge in [0.2, 0.25) is 11.8 Å². The lowest BCUT2D eigenvalue weighted by molar-refractivity contribution is -0.128. The lowest BCUT2D eigenvalue weighted by Gasteiger charge is -2.28. The first-order valence-electron chi connectivity index (χ1n) is 8.25. The molecule has 0 aliphatic carbocycles. The van der Waals surface area contributed by atoms with Gasteiger partial charge in [-0.05, 0) is 31.0 Å². The van der Waals surface area contributed by atoms with Crippen molar-refractivity contribution in [3.8, 4) is 0 Å². The molecule has 0 saturated carbocycles. The molecular formula is C17H24FN3O2S. The Kier molecular flexibility index (Phi) is 7.52. The fourth-order valence-corrected chi connectivity index (χ4v) is 3.63. The molecule has 1 fully saturated rings. The molecule has 2 rings (SSSR count). The Hall–Kier alpha value is -1.60. The molecule has 2 unspecified atom stereocenters. The van der Waals surface area contributed by atoms with Crippen LogP contribution in [0.2, 0.25) is 0 Å². The van der Waals surface area contributed by atoms with Crippen LogP contribution in [-0.2, 0) is 16.0 Å². The molecule has 7 heteroatoms. The van der Waals surface area contributed by atoms with Crippen molar-refractivity contribution in [1.29, 1.82) is 0 Å². The minimum Gasteiger partial charge on any atom is -0.353 e. The lowest BCUT2D eigenvalue weighted by Crippen LogP contribution is -2.55. The molecule has 24 heavy (non-hydrogen) atoms. The number of hydrogen-bond donors (Lipinski definition) is 3. The van der Waals surface area contributed by atoms with Crippen molar-refractivity contribution in [3.63, 3.8) is 0 Å². The molecule has 1 aromatic carbocycles. The Morgan fingerprint density at radius 1 is 1.33 bits per heavy atom. The smallest absolute Gasteiger partial charge is 0.243 e. The monoisotopic (exact) mass is 353 g/mol. The summed E-state index contributed by atoms with van der Waals surface area (Å²) in [7, 11) is 0. The highest BCUT2D eigenvalue weighted by molar-refractivity contribution is 8.00. The van der Waals surface area contributed by atoms with Crippen molar-refractivity contribution in [2.75, 3.05) is 25.4 Å². The van der Waals surface area contributed by atoms with E-state index in [1.807, 2.05) is 0 Å². The molecule has 5 nitrogen and oxygen atoms in total. The predicted molar refractivity (Wildman–Crippen MR) is 94.5 cm³/mol. The van der Waals surface area contributed by atoms with Crippen LogP contribution in [0.3, 0.4) is 0 Å². The molecular weight excluding hydrogens is 329 g/mol. The summed E-state index contributed by atoms with van der Waals surface area (Å²) >= 11 is 1.40.